The highest BCUT2D eigenvalue weighted by atomic mass is 35.5. The van der Waals surface area contributed by atoms with Gasteiger partial charge in [-0.15, -0.1) is 11.8 Å². The second-order valence-electron chi connectivity index (χ2n) is 6.99. The van der Waals surface area contributed by atoms with Crippen LogP contribution in [0.1, 0.15) is 19.4 Å². The number of amides is 2. The van der Waals surface area contributed by atoms with E-state index in [9.17, 15) is 10.0 Å². The number of carbonyl (C=O) groups is 1. The third-order valence-corrected chi connectivity index (χ3v) is 6.90. The van der Waals surface area contributed by atoms with Crippen molar-refractivity contribution in [1.29, 1.82) is 0 Å². The van der Waals surface area contributed by atoms with Crippen molar-refractivity contribution in [3.8, 4) is 0 Å². The minimum Gasteiger partial charge on any atom is -0.306 e. The Morgan fingerprint density at radius 3 is 2.53 bits per heavy atom. The molecule has 1 saturated heterocycles. The van der Waals surface area contributed by atoms with Crippen LogP contribution in [0.3, 0.4) is 0 Å². The maximum Gasteiger partial charge on any atom is 0.347 e. The molecule has 0 saturated carbocycles. The van der Waals surface area contributed by atoms with E-state index < -0.39 is 16.9 Å². The van der Waals surface area contributed by atoms with Gasteiger partial charge in [0.1, 0.15) is 0 Å². The first-order valence-electron chi connectivity index (χ1n) is 8.96. The zero-order chi connectivity index (χ0) is 21.9. The molecule has 6 nitrogen and oxygen atoms in total. The fraction of sp³-hybridized carbons (Fsp3) is 0.250. The molecule has 2 aromatic carbocycles. The molecule has 10 heteroatoms. The fourth-order valence-corrected chi connectivity index (χ4v) is 5.19. The van der Waals surface area contributed by atoms with Crippen LogP contribution in [0, 0.1) is 0 Å². The lowest BCUT2D eigenvalue weighted by atomic mass is 10.1. The van der Waals surface area contributed by atoms with E-state index >= 15 is 0 Å². The highest BCUT2D eigenvalue weighted by Gasteiger charge is 2.50. The molecule has 158 valence electrons. The van der Waals surface area contributed by atoms with Gasteiger partial charge in [-0.25, -0.2) is 9.80 Å². The Balaban J connectivity index is 1.79. The van der Waals surface area contributed by atoms with E-state index in [0.29, 0.717) is 20.1 Å². The number of hydrazone groups is 1. The molecular weight excluding hydrogens is 460 g/mol. The molecule has 2 aromatic rings. The summed E-state index contributed by atoms with van der Waals surface area (Å²) < 4.78 is -0.108. The summed E-state index contributed by atoms with van der Waals surface area (Å²) in [6.07, 6.45) is 2.89. The first-order valence-corrected chi connectivity index (χ1v) is 11.8. The van der Waals surface area contributed by atoms with E-state index in [-0.39, 0.29) is 0 Å². The number of rotatable bonds is 5. The van der Waals surface area contributed by atoms with Gasteiger partial charge in [-0.2, -0.15) is 10.2 Å². The van der Waals surface area contributed by atoms with Gasteiger partial charge in [0.05, 0.1) is 11.0 Å². The molecule has 2 N–H and O–H groups in total. The number of hydroxylamine groups is 2. The first kappa shape index (κ1) is 22.9. The van der Waals surface area contributed by atoms with Gasteiger partial charge < -0.3 is 5.32 Å². The van der Waals surface area contributed by atoms with Crippen LogP contribution in [0.15, 0.2) is 58.5 Å². The standard InChI is InChI=1S/C20H21ClN4O2S3/c1-20(2)17(25(27)18(26)23-15-8-6-14(21)7-9-15)24(19(28)30-20)22-12-13-4-10-16(29-3)11-5-13/h4-12,17,27H,1-3H3,(H,23,26). The van der Waals surface area contributed by atoms with Crippen molar-refractivity contribution in [2.24, 2.45) is 5.10 Å². The molecule has 0 aromatic heterocycles. The number of thioether (sulfide) groups is 2. The Morgan fingerprint density at radius 2 is 1.93 bits per heavy atom. The van der Waals surface area contributed by atoms with Crippen molar-refractivity contribution in [1.82, 2.24) is 10.1 Å². The third-order valence-electron chi connectivity index (χ3n) is 4.37. The maximum absolute atomic E-state index is 12.7. The Labute approximate surface area is 194 Å². The summed E-state index contributed by atoms with van der Waals surface area (Å²) >= 11 is 14.4. The smallest absolute Gasteiger partial charge is 0.306 e. The van der Waals surface area contributed by atoms with E-state index in [4.69, 9.17) is 23.8 Å². The lowest BCUT2D eigenvalue weighted by Gasteiger charge is -2.34. The zero-order valence-electron chi connectivity index (χ0n) is 16.6. The predicted molar refractivity (Wildman–Crippen MR) is 130 cm³/mol. The molecule has 0 spiro atoms. The number of nitrogens with zero attached hydrogens (tertiary/aromatic N) is 3. The number of thiocarbonyl (C=S) groups is 1. The van der Waals surface area contributed by atoms with Gasteiger partial charge >= 0.3 is 6.03 Å². The summed E-state index contributed by atoms with van der Waals surface area (Å²) in [5.41, 5.74) is 1.40. The van der Waals surface area contributed by atoms with Gasteiger partial charge in [-0.05, 0) is 62.1 Å². The predicted octanol–water partition coefficient (Wildman–Crippen LogP) is 5.76. The highest BCUT2D eigenvalue weighted by molar-refractivity contribution is 8.24. The third kappa shape index (κ3) is 5.28. The molecular formula is C20H21ClN4O2S3. The summed E-state index contributed by atoms with van der Waals surface area (Å²) in [5, 5.41) is 20.5. The average molecular weight is 481 g/mol. The summed E-state index contributed by atoms with van der Waals surface area (Å²) in [5.74, 6) is 0. The van der Waals surface area contributed by atoms with E-state index in [1.54, 1.807) is 42.2 Å². The highest BCUT2D eigenvalue weighted by Crippen LogP contribution is 2.42. The summed E-state index contributed by atoms with van der Waals surface area (Å²) in [7, 11) is 0. The topological polar surface area (TPSA) is 68.2 Å². The van der Waals surface area contributed by atoms with Crippen LogP contribution in [0.25, 0.3) is 0 Å². The molecule has 1 heterocycles. The number of benzene rings is 2. The van der Waals surface area contributed by atoms with Crippen molar-refractivity contribution in [2.75, 3.05) is 11.6 Å². The van der Waals surface area contributed by atoms with Gasteiger partial charge in [-0.3, -0.25) is 5.21 Å². The van der Waals surface area contributed by atoms with Gasteiger partial charge in [0, 0.05) is 15.6 Å². The summed E-state index contributed by atoms with van der Waals surface area (Å²) in [4.78, 5) is 13.8. The number of carbonyl (C=O) groups excluding carboxylic acids is 1. The quantitative estimate of drug-likeness (QED) is 0.186. The number of hydrogen-bond donors (Lipinski definition) is 2. The van der Waals surface area contributed by atoms with Crippen LogP contribution in [-0.4, -0.2) is 49.0 Å². The Kier molecular flexibility index (Phi) is 7.30. The SMILES string of the molecule is CSc1ccc(C=NN2C(=S)SC(C)(C)C2N(O)C(=O)Nc2ccc(Cl)cc2)cc1. The molecule has 0 aliphatic carbocycles. The van der Waals surface area contributed by atoms with E-state index in [2.05, 4.69) is 10.4 Å². The number of nitrogens with one attached hydrogen (secondary N) is 1. The van der Waals surface area contributed by atoms with Gasteiger partial charge in [0.15, 0.2) is 10.5 Å². The maximum atomic E-state index is 12.7. The molecule has 2 amide bonds. The molecule has 30 heavy (non-hydrogen) atoms. The van der Waals surface area contributed by atoms with E-state index in [0.717, 1.165) is 10.5 Å². The largest absolute Gasteiger partial charge is 0.347 e. The lowest BCUT2D eigenvalue weighted by molar-refractivity contribution is -0.114. The van der Waals surface area contributed by atoms with Crippen molar-refractivity contribution in [3.63, 3.8) is 0 Å². The van der Waals surface area contributed by atoms with Crippen molar-refractivity contribution >= 4 is 69.6 Å². The fourth-order valence-electron chi connectivity index (χ4n) is 2.87. The van der Waals surface area contributed by atoms with Crippen LogP contribution in [0.2, 0.25) is 5.02 Å². The normalized spacial score (nSPS) is 18.1. The first-order chi connectivity index (χ1) is 14.2. The van der Waals surface area contributed by atoms with Crippen LogP contribution < -0.4 is 5.32 Å². The molecule has 0 bridgehead atoms. The minimum absolute atomic E-state index is 0.473. The monoisotopic (exact) mass is 480 g/mol. The Morgan fingerprint density at radius 1 is 1.30 bits per heavy atom. The minimum atomic E-state index is -0.788. The second-order valence-corrected chi connectivity index (χ2v) is 10.6. The van der Waals surface area contributed by atoms with Crippen molar-refractivity contribution < 1.29 is 10.0 Å². The molecule has 1 aliphatic rings. The van der Waals surface area contributed by atoms with E-state index in [1.807, 2.05) is 44.4 Å². The summed E-state index contributed by atoms with van der Waals surface area (Å²) in [6.45, 7) is 3.80. The van der Waals surface area contributed by atoms with Gasteiger partial charge in [0.25, 0.3) is 0 Å². The Hall–Kier alpha value is -1.78. The molecule has 1 aliphatic heterocycles. The summed E-state index contributed by atoms with van der Waals surface area (Å²) in [6, 6.07) is 13.8. The van der Waals surface area contributed by atoms with E-state index in [1.165, 1.54) is 16.8 Å². The van der Waals surface area contributed by atoms with Gasteiger partial charge in [0.2, 0.25) is 0 Å². The van der Waals surface area contributed by atoms with Crippen molar-refractivity contribution in [3.05, 3.63) is 59.1 Å². The lowest BCUT2D eigenvalue weighted by Crippen LogP contribution is -2.54. The van der Waals surface area contributed by atoms with Crippen LogP contribution in [0.4, 0.5) is 10.5 Å². The van der Waals surface area contributed by atoms with Crippen LogP contribution in [0.5, 0.6) is 0 Å². The van der Waals surface area contributed by atoms with Crippen LogP contribution >= 0.6 is 47.3 Å². The molecule has 0 radical (unpaired) electrons. The average Bonchev–Trinajstić information content (AvgIpc) is 2.95. The van der Waals surface area contributed by atoms with Crippen molar-refractivity contribution in [2.45, 2.75) is 29.7 Å². The number of urea groups is 1. The molecule has 3 rings (SSSR count). The van der Waals surface area contributed by atoms with Gasteiger partial charge in [-0.1, -0.05) is 47.7 Å². The molecule has 1 fully saturated rings. The Bertz CT molecular complexity index is 952. The molecule has 1 unspecified atom stereocenters. The number of halogens is 1. The number of anilines is 1. The zero-order valence-corrected chi connectivity index (χ0v) is 19.8. The number of hydrogen-bond acceptors (Lipinski definition) is 6. The second kappa shape index (κ2) is 9.57. The van der Waals surface area contributed by atoms with Crippen LogP contribution in [-0.2, 0) is 0 Å². The molecule has 1 atom stereocenters.